The van der Waals surface area contributed by atoms with Gasteiger partial charge in [0.25, 0.3) is 0 Å². The molecular formula is C25H22ClF2N5O. The summed E-state index contributed by atoms with van der Waals surface area (Å²) in [6.07, 6.45) is 7.68. The number of benzene rings is 2. The van der Waals surface area contributed by atoms with Gasteiger partial charge >= 0.3 is 6.55 Å². The minimum atomic E-state index is -2.66. The van der Waals surface area contributed by atoms with Gasteiger partial charge in [0, 0.05) is 53.8 Å². The van der Waals surface area contributed by atoms with Crippen molar-refractivity contribution in [3.8, 4) is 11.3 Å². The van der Waals surface area contributed by atoms with E-state index in [-0.39, 0.29) is 24.7 Å². The van der Waals surface area contributed by atoms with Crippen molar-refractivity contribution < 1.29 is 13.6 Å². The van der Waals surface area contributed by atoms with E-state index in [0.29, 0.717) is 11.6 Å². The summed E-state index contributed by atoms with van der Waals surface area (Å²) in [5.41, 5.74) is 3.35. The fourth-order valence-electron chi connectivity index (χ4n) is 3.50. The number of amides is 1. The van der Waals surface area contributed by atoms with E-state index in [1.54, 1.807) is 10.8 Å². The molecule has 2 aromatic heterocycles. The van der Waals surface area contributed by atoms with E-state index in [4.69, 9.17) is 16.7 Å². The van der Waals surface area contributed by atoms with Gasteiger partial charge in [-0.1, -0.05) is 60.1 Å². The second kappa shape index (κ2) is 10.9. The maximum absolute atomic E-state index is 12.9. The van der Waals surface area contributed by atoms with Crippen LogP contribution >= 0.6 is 11.6 Å². The average molecular weight is 482 g/mol. The monoisotopic (exact) mass is 481 g/mol. The maximum atomic E-state index is 12.9. The van der Waals surface area contributed by atoms with Crippen LogP contribution in [0.3, 0.4) is 0 Å². The molecule has 0 radical (unpaired) electrons. The number of rotatable bonds is 9. The van der Waals surface area contributed by atoms with Crippen molar-refractivity contribution in [1.82, 2.24) is 24.6 Å². The first-order chi connectivity index (χ1) is 16.5. The standard InChI is InChI=1S/C25H22ClF2N5O/c26-21-9-5-4-8-19(21)16-32-17-20(24(31-32)18-6-2-1-3-7-18)10-11-23(34)30-13-12-22-29-14-15-33(22)25(27)28/h1-11,14-15,17,25H,12-13,16H2,(H,30,34)/b11-10+. The van der Waals surface area contributed by atoms with Crippen LogP contribution in [-0.4, -0.2) is 31.8 Å². The van der Waals surface area contributed by atoms with Crippen molar-refractivity contribution in [3.63, 3.8) is 0 Å². The van der Waals surface area contributed by atoms with Gasteiger partial charge in [0.1, 0.15) is 5.82 Å². The number of hydrogen-bond donors (Lipinski definition) is 1. The number of nitrogens with one attached hydrogen (secondary N) is 1. The normalized spacial score (nSPS) is 11.4. The molecule has 4 rings (SSSR count). The molecule has 0 aliphatic carbocycles. The fraction of sp³-hybridized carbons (Fsp3) is 0.160. The van der Waals surface area contributed by atoms with Gasteiger partial charge in [-0.2, -0.15) is 13.9 Å². The molecule has 1 N–H and O–H groups in total. The van der Waals surface area contributed by atoms with E-state index in [2.05, 4.69) is 10.3 Å². The number of carbonyl (C=O) groups excluding carboxylic acids is 1. The summed E-state index contributed by atoms with van der Waals surface area (Å²) in [5.74, 6) is -0.125. The van der Waals surface area contributed by atoms with Crippen LogP contribution < -0.4 is 5.32 Å². The van der Waals surface area contributed by atoms with Gasteiger partial charge in [-0.3, -0.25) is 14.0 Å². The third kappa shape index (κ3) is 5.77. The van der Waals surface area contributed by atoms with Crippen LogP contribution in [-0.2, 0) is 17.8 Å². The van der Waals surface area contributed by atoms with Crippen LogP contribution in [0.2, 0.25) is 5.02 Å². The molecule has 0 fully saturated rings. The lowest BCUT2D eigenvalue weighted by atomic mass is 10.1. The molecule has 34 heavy (non-hydrogen) atoms. The van der Waals surface area contributed by atoms with Crippen LogP contribution in [0.15, 0.2) is 79.3 Å². The number of halogens is 3. The van der Waals surface area contributed by atoms with E-state index < -0.39 is 6.55 Å². The highest BCUT2D eigenvalue weighted by atomic mass is 35.5. The molecule has 0 bridgehead atoms. The Kier molecular flexibility index (Phi) is 7.49. The average Bonchev–Trinajstić information content (AvgIpc) is 3.47. The van der Waals surface area contributed by atoms with E-state index in [1.807, 2.05) is 60.8 Å². The quantitative estimate of drug-likeness (QED) is 0.333. The molecule has 0 atom stereocenters. The summed E-state index contributed by atoms with van der Waals surface area (Å²) >= 11 is 6.30. The van der Waals surface area contributed by atoms with Crippen molar-refractivity contribution in [2.75, 3.05) is 6.54 Å². The highest BCUT2D eigenvalue weighted by molar-refractivity contribution is 6.31. The number of hydrogen-bond acceptors (Lipinski definition) is 3. The Balaban J connectivity index is 1.47. The zero-order chi connectivity index (χ0) is 23.9. The Labute approximate surface area is 200 Å². The van der Waals surface area contributed by atoms with Crippen molar-refractivity contribution >= 4 is 23.6 Å². The zero-order valence-electron chi connectivity index (χ0n) is 18.1. The molecule has 0 saturated carbocycles. The second-order valence-electron chi connectivity index (χ2n) is 7.49. The number of alkyl halides is 2. The Morgan fingerprint density at radius 1 is 1.12 bits per heavy atom. The zero-order valence-corrected chi connectivity index (χ0v) is 18.9. The van der Waals surface area contributed by atoms with Crippen molar-refractivity contribution in [2.45, 2.75) is 19.5 Å². The van der Waals surface area contributed by atoms with Gasteiger partial charge in [-0.05, 0) is 17.7 Å². The van der Waals surface area contributed by atoms with Crippen molar-refractivity contribution in [3.05, 3.63) is 101 Å². The van der Waals surface area contributed by atoms with Gasteiger partial charge in [-0.15, -0.1) is 0 Å². The molecule has 2 aromatic carbocycles. The minimum absolute atomic E-state index is 0.185. The Bertz CT molecular complexity index is 1280. The third-order valence-corrected chi connectivity index (χ3v) is 5.52. The van der Waals surface area contributed by atoms with Crippen molar-refractivity contribution in [2.24, 2.45) is 0 Å². The molecule has 2 heterocycles. The molecule has 0 spiro atoms. The predicted molar refractivity (Wildman–Crippen MR) is 127 cm³/mol. The van der Waals surface area contributed by atoms with Gasteiger partial charge < -0.3 is 5.32 Å². The molecular weight excluding hydrogens is 460 g/mol. The highest BCUT2D eigenvalue weighted by Gasteiger charge is 2.12. The fourth-order valence-corrected chi connectivity index (χ4v) is 3.69. The number of nitrogens with zero attached hydrogens (tertiary/aromatic N) is 4. The first kappa shape index (κ1) is 23.4. The Morgan fingerprint density at radius 3 is 2.65 bits per heavy atom. The molecule has 0 unspecified atom stereocenters. The van der Waals surface area contributed by atoms with Gasteiger partial charge in [0.2, 0.25) is 5.91 Å². The van der Waals surface area contributed by atoms with Crippen LogP contribution in [0.4, 0.5) is 8.78 Å². The molecule has 1 amide bonds. The molecule has 9 heteroatoms. The van der Waals surface area contributed by atoms with Crippen LogP contribution in [0.25, 0.3) is 17.3 Å². The Hall–Kier alpha value is -3.78. The first-order valence-corrected chi connectivity index (χ1v) is 11.0. The summed E-state index contributed by atoms with van der Waals surface area (Å²) in [6.45, 7) is -1.99. The maximum Gasteiger partial charge on any atom is 0.319 e. The van der Waals surface area contributed by atoms with Gasteiger partial charge in [-0.25, -0.2) is 4.98 Å². The molecule has 0 aliphatic heterocycles. The molecule has 174 valence electrons. The van der Waals surface area contributed by atoms with E-state index in [0.717, 1.165) is 27.0 Å². The Morgan fingerprint density at radius 2 is 1.88 bits per heavy atom. The van der Waals surface area contributed by atoms with E-state index >= 15 is 0 Å². The SMILES string of the molecule is O=C(/C=C/c1cn(Cc2ccccc2Cl)nc1-c1ccccc1)NCCc1nccn1C(F)F. The molecule has 4 aromatic rings. The predicted octanol–water partition coefficient (Wildman–Crippen LogP) is 5.22. The van der Waals surface area contributed by atoms with Crippen LogP contribution in [0, 0.1) is 0 Å². The summed E-state index contributed by atoms with van der Waals surface area (Å²) in [5, 5.41) is 8.07. The third-order valence-electron chi connectivity index (χ3n) is 5.15. The second-order valence-corrected chi connectivity index (χ2v) is 7.90. The lowest BCUT2D eigenvalue weighted by Crippen LogP contribution is -2.24. The van der Waals surface area contributed by atoms with E-state index in [9.17, 15) is 13.6 Å². The number of imidazole rings is 1. The largest absolute Gasteiger partial charge is 0.352 e. The smallest absolute Gasteiger partial charge is 0.319 e. The highest BCUT2D eigenvalue weighted by Crippen LogP contribution is 2.24. The summed E-state index contributed by atoms with van der Waals surface area (Å²) in [6, 6.07) is 17.2. The summed E-state index contributed by atoms with van der Waals surface area (Å²) in [7, 11) is 0. The lowest BCUT2D eigenvalue weighted by molar-refractivity contribution is -0.116. The molecule has 0 saturated heterocycles. The molecule has 0 aliphatic rings. The summed E-state index contributed by atoms with van der Waals surface area (Å²) in [4.78, 5) is 16.2. The van der Waals surface area contributed by atoms with E-state index in [1.165, 1.54) is 18.5 Å². The van der Waals surface area contributed by atoms with Crippen molar-refractivity contribution in [1.29, 1.82) is 0 Å². The minimum Gasteiger partial charge on any atom is -0.352 e. The van der Waals surface area contributed by atoms with Gasteiger partial charge in [0.05, 0.1) is 12.2 Å². The van der Waals surface area contributed by atoms with Crippen LogP contribution in [0.1, 0.15) is 23.5 Å². The lowest BCUT2D eigenvalue weighted by Gasteiger charge is -2.06. The number of carbonyl (C=O) groups is 1. The van der Waals surface area contributed by atoms with Crippen LogP contribution in [0.5, 0.6) is 0 Å². The molecule has 6 nitrogen and oxygen atoms in total. The number of aromatic nitrogens is 4. The van der Waals surface area contributed by atoms with Gasteiger partial charge in [0.15, 0.2) is 0 Å². The summed E-state index contributed by atoms with van der Waals surface area (Å²) < 4.78 is 28.4. The topological polar surface area (TPSA) is 64.7 Å². The first-order valence-electron chi connectivity index (χ1n) is 10.6.